The van der Waals surface area contributed by atoms with Crippen molar-refractivity contribution in [3.05, 3.63) is 12.3 Å². The monoisotopic (exact) mass is 268 g/mol. The predicted molar refractivity (Wildman–Crippen MR) is 81.9 cm³/mol. The van der Waals surface area contributed by atoms with Gasteiger partial charge in [0.25, 0.3) is 0 Å². The molecule has 0 aromatic heterocycles. The van der Waals surface area contributed by atoms with E-state index in [9.17, 15) is 0 Å². The van der Waals surface area contributed by atoms with Gasteiger partial charge in [-0.15, -0.1) is 0 Å². The molecule has 0 spiro atoms. The maximum atomic E-state index is 7.16. The van der Waals surface area contributed by atoms with E-state index < -0.39 is 0 Å². The van der Waals surface area contributed by atoms with Crippen LogP contribution in [-0.4, -0.2) is 50.4 Å². The molecule has 0 aromatic carbocycles. The van der Waals surface area contributed by atoms with E-state index in [0.29, 0.717) is 5.92 Å². The number of amidine groups is 1. The van der Waals surface area contributed by atoms with E-state index >= 15 is 0 Å². The summed E-state index contributed by atoms with van der Waals surface area (Å²) >= 11 is 0. The summed E-state index contributed by atoms with van der Waals surface area (Å²) in [4.78, 5) is 6.31. The fourth-order valence-electron chi connectivity index (χ4n) is 1.72. The van der Waals surface area contributed by atoms with Crippen LogP contribution in [0.1, 0.15) is 27.2 Å². The first-order valence-corrected chi connectivity index (χ1v) is 6.90. The van der Waals surface area contributed by atoms with Crippen molar-refractivity contribution in [3.8, 4) is 0 Å². The van der Waals surface area contributed by atoms with E-state index in [1.165, 1.54) is 0 Å². The van der Waals surface area contributed by atoms with Crippen molar-refractivity contribution in [3.63, 3.8) is 0 Å². The first-order valence-electron chi connectivity index (χ1n) is 6.90. The topological polar surface area (TPSA) is 60.7 Å². The smallest absolute Gasteiger partial charge is 0.131 e. The fourth-order valence-corrected chi connectivity index (χ4v) is 1.72. The van der Waals surface area contributed by atoms with Crippen LogP contribution in [0, 0.1) is 11.3 Å². The zero-order valence-electron chi connectivity index (χ0n) is 12.6. The molecule has 0 aliphatic carbocycles. The molecule has 0 rings (SSSR count). The standard InChI is InChI=1S/C14H28N4O/c1-5-16-9-7-14(17-12-15)18(6-2)11-13(3)8-10-19-4/h7,9,12-13,15-16H,5-6,8,10-11H2,1-4H3/b9-7+,15-12?,17-14+. The van der Waals surface area contributed by atoms with Crippen LogP contribution in [0.3, 0.4) is 0 Å². The van der Waals surface area contributed by atoms with Crippen molar-refractivity contribution < 1.29 is 4.74 Å². The Morgan fingerprint density at radius 1 is 1.47 bits per heavy atom. The number of hydrogen-bond acceptors (Lipinski definition) is 3. The van der Waals surface area contributed by atoms with Crippen LogP contribution < -0.4 is 5.32 Å². The van der Waals surface area contributed by atoms with Crippen molar-refractivity contribution in [2.75, 3.05) is 33.4 Å². The zero-order chi connectivity index (χ0) is 14.5. The molecule has 0 aliphatic heterocycles. The van der Waals surface area contributed by atoms with Crippen LogP contribution >= 0.6 is 0 Å². The number of nitrogens with zero attached hydrogens (tertiary/aromatic N) is 2. The van der Waals surface area contributed by atoms with Crippen LogP contribution in [-0.2, 0) is 4.74 Å². The summed E-state index contributed by atoms with van der Waals surface area (Å²) in [5.41, 5.74) is 0. The molecular formula is C14H28N4O. The number of rotatable bonds is 10. The molecule has 0 heterocycles. The van der Waals surface area contributed by atoms with Gasteiger partial charge in [0.15, 0.2) is 0 Å². The van der Waals surface area contributed by atoms with Gasteiger partial charge in [-0.1, -0.05) is 6.92 Å². The third kappa shape index (κ3) is 8.37. The average molecular weight is 268 g/mol. The number of nitrogens with one attached hydrogen (secondary N) is 2. The Morgan fingerprint density at radius 3 is 2.74 bits per heavy atom. The minimum atomic E-state index is 0.531. The maximum absolute atomic E-state index is 7.16. The molecular weight excluding hydrogens is 240 g/mol. The first kappa shape index (κ1) is 17.6. The largest absolute Gasteiger partial charge is 0.391 e. The summed E-state index contributed by atoms with van der Waals surface area (Å²) in [6.07, 6.45) is 5.92. The van der Waals surface area contributed by atoms with Crippen LogP contribution in [0.25, 0.3) is 0 Å². The van der Waals surface area contributed by atoms with Crippen LogP contribution in [0.4, 0.5) is 0 Å². The summed E-state index contributed by atoms with van der Waals surface area (Å²) in [7, 11) is 1.73. The van der Waals surface area contributed by atoms with Crippen LogP contribution in [0.2, 0.25) is 0 Å². The van der Waals surface area contributed by atoms with E-state index in [-0.39, 0.29) is 0 Å². The van der Waals surface area contributed by atoms with E-state index in [2.05, 4.69) is 29.1 Å². The Hall–Kier alpha value is -1.36. The van der Waals surface area contributed by atoms with Crippen LogP contribution in [0.5, 0.6) is 0 Å². The van der Waals surface area contributed by atoms with E-state index in [1.54, 1.807) is 7.11 Å². The van der Waals surface area contributed by atoms with Crippen LogP contribution in [0.15, 0.2) is 17.3 Å². The zero-order valence-corrected chi connectivity index (χ0v) is 12.6. The molecule has 1 unspecified atom stereocenters. The highest BCUT2D eigenvalue weighted by molar-refractivity contribution is 5.97. The van der Waals surface area contributed by atoms with E-state index in [4.69, 9.17) is 10.1 Å². The molecule has 0 aromatic rings. The van der Waals surface area contributed by atoms with Crippen molar-refractivity contribution in [2.24, 2.45) is 10.9 Å². The quantitative estimate of drug-likeness (QED) is 0.471. The third-order valence-electron chi connectivity index (χ3n) is 2.80. The molecule has 0 saturated carbocycles. The van der Waals surface area contributed by atoms with Crippen molar-refractivity contribution in [1.82, 2.24) is 10.2 Å². The molecule has 2 N–H and O–H groups in total. The molecule has 5 heteroatoms. The second-order valence-corrected chi connectivity index (χ2v) is 4.43. The average Bonchev–Trinajstić information content (AvgIpc) is 2.42. The van der Waals surface area contributed by atoms with Gasteiger partial charge in [-0.2, -0.15) is 0 Å². The van der Waals surface area contributed by atoms with Gasteiger partial charge in [-0.3, -0.25) is 5.41 Å². The van der Waals surface area contributed by atoms with Gasteiger partial charge in [0.05, 0.1) is 0 Å². The highest BCUT2D eigenvalue weighted by Crippen LogP contribution is 2.06. The molecule has 110 valence electrons. The van der Waals surface area contributed by atoms with Crippen molar-refractivity contribution in [2.45, 2.75) is 27.2 Å². The van der Waals surface area contributed by atoms with Gasteiger partial charge >= 0.3 is 0 Å². The first-order chi connectivity index (χ1) is 9.19. The van der Waals surface area contributed by atoms with E-state index in [1.807, 2.05) is 19.2 Å². The van der Waals surface area contributed by atoms with E-state index in [0.717, 1.165) is 44.8 Å². The Kier molecular flexibility index (Phi) is 10.9. The second-order valence-electron chi connectivity index (χ2n) is 4.43. The molecule has 0 saturated heterocycles. The molecule has 0 amide bonds. The Morgan fingerprint density at radius 2 is 2.21 bits per heavy atom. The molecule has 1 atom stereocenters. The molecule has 0 aliphatic rings. The minimum Gasteiger partial charge on any atom is -0.391 e. The van der Waals surface area contributed by atoms with Gasteiger partial charge in [0.2, 0.25) is 0 Å². The molecule has 0 radical (unpaired) electrons. The highest BCUT2D eigenvalue weighted by atomic mass is 16.5. The van der Waals surface area contributed by atoms with Gasteiger partial charge < -0.3 is 15.0 Å². The number of hydrogen-bond donors (Lipinski definition) is 2. The summed E-state index contributed by atoms with van der Waals surface area (Å²) in [6, 6.07) is 0. The summed E-state index contributed by atoms with van der Waals surface area (Å²) in [5, 5.41) is 10.3. The van der Waals surface area contributed by atoms with Gasteiger partial charge in [-0.05, 0) is 32.3 Å². The molecule has 19 heavy (non-hydrogen) atoms. The Bertz CT molecular complexity index is 289. The molecule has 0 bridgehead atoms. The van der Waals surface area contributed by atoms with Gasteiger partial charge in [0, 0.05) is 39.6 Å². The van der Waals surface area contributed by atoms with Crippen molar-refractivity contribution >= 4 is 12.2 Å². The maximum Gasteiger partial charge on any atom is 0.131 e. The Balaban J connectivity index is 4.57. The number of methoxy groups -OCH3 is 1. The second kappa shape index (κ2) is 11.7. The molecule has 5 nitrogen and oxygen atoms in total. The number of aliphatic imine (C=N–C) groups is 1. The fraction of sp³-hybridized carbons (Fsp3) is 0.714. The minimum absolute atomic E-state index is 0.531. The normalized spacial score (nSPS) is 13.6. The lowest BCUT2D eigenvalue weighted by Gasteiger charge is -2.26. The van der Waals surface area contributed by atoms with Gasteiger partial charge in [0.1, 0.15) is 12.2 Å². The lowest BCUT2D eigenvalue weighted by Crippen LogP contribution is -2.34. The lowest BCUT2D eigenvalue weighted by atomic mass is 10.1. The van der Waals surface area contributed by atoms with Crippen molar-refractivity contribution in [1.29, 1.82) is 5.41 Å². The summed E-state index contributed by atoms with van der Waals surface area (Å²) in [6.45, 7) is 9.81. The lowest BCUT2D eigenvalue weighted by molar-refractivity contribution is 0.174. The van der Waals surface area contributed by atoms with Gasteiger partial charge in [-0.25, -0.2) is 4.99 Å². The summed E-state index contributed by atoms with van der Waals surface area (Å²) < 4.78 is 5.11. The SMILES string of the molecule is CCN/C=C/C(=N\C=N)N(CC)CC(C)CCOC. The number of likely N-dealkylation sites (N-methyl/N-ethyl adjacent to an activating group) is 1. The molecule has 0 fully saturated rings. The summed E-state index contributed by atoms with van der Waals surface area (Å²) in [5.74, 6) is 1.35. The Labute approximate surface area is 117 Å². The predicted octanol–water partition coefficient (Wildman–Crippen LogP) is 2.11. The highest BCUT2D eigenvalue weighted by Gasteiger charge is 2.11. The number of ether oxygens (including phenoxy) is 1. The third-order valence-corrected chi connectivity index (χ3v) is 2.80.